The van der Waals surface area contributed by atoms with Crippen LogP contribution in [-0.2, 0) is 0 Å². The maximum Gasteiger partial charge on any atom is 0.121 e. The summed E-state index contributed by atoms with van der Waals surface area (Å²) in [5.74, 6) is 0.939. The summed E-state index contributed by atoms with van der Waals surface area (Å²) in [7, 11) is 1.69. The molecule has 0 atom stereocenters. The zero-order valence-electron chi connectivity index (χ0n) is 9.49. The van der Waals surface area contributed by atoms with Gasteiger partial charge in [0.25, 0.3) is 0 Å². The molecule has 0 spiro atoms. The largest absolute Gasteiger partial charge is 0.496 e. The lowest BCUT2D eigenvalue weighted by Gasteiger charge is -2.04. The van der Waals surface area contributed by atoms with E-state index in [0.717, 1.165) is 25.1 Å². The van der Waals surface area contributed by atoms with Crippen LogP contribution in [0.15, 0.2) is 24.3 Å². The number of hydrogen-bond donors (Lipinski definition) is 1. The normalized spacial score (nSPS) is 10.9. The van der Waals surface area contributed by atoms with E-state index in [4.69, 9.17) is 10.5 Å². The summed E-state index contributed by atoms with van der Waals surface area (Å²) in [6.45, 7) is 2.81. The first-order valence-corrected chi connectivity index (χ1v) is 5.29. The first kappa shape index (κ1) is 11.8. The van der Waals surface area contributed by atoms with Gasteiger partial charge in [-0.25, -0.2) is 0 Å². The van der Waals surface area contributed by atoms with Crippen molar-refractivity contribution in [1.82, 2.24) is 0 Å². The summed E-state index contributed by atoms with van der Waals surface area (Å²) >= 11 is 0. The van der Waals surface area contributed by atoms with Gasteiger partial charge >= 0.3 is 0 Å². The highest BCUT2D eigenvalue weighted by molar-refractivity contribution is 5.53. The molecule has 0 amide bonds. The zero-order valence-corrected chi connectivity index (χ0v) is 9.49. The Bertz CT molecular complexity index is 331. The van der Waals surface area contributed by atoms with E-state index in [1.54, 1.807) is 7.11 Å². The quantitative estimate of drug-likeness (QED) is 0.750. The molecule has 0 heterocycles. The number of rotatable bonds is 5. The third kappa shape index (κ3) is 3.76. The predicted molar refractivity (Wildman–Crippen MR) is 65.1 cm³/mol. The van der Waals surface area contributed by atoms with Crippen molar-refractivity contribution in [3.63, 3.8) is 0 Å². The van der Waals surface area contributed by atoms with E-state index in [1.807, 2.05) is 6.07 Å². The molecule has 2 heteroatoms. The van der Waals surface area contributed by atoms with Gasteiger partial charge in [-0.1, -0.05) is 18.2 Å². The van der Waals surface area contributed by atoms with Crippen LogP contribution in [0.25, 0.3) is 6.08 Å². The van der Waals surface area contributed by atoms with Gasteiger partial charge in [0.15, 0.2) is 0 Å². The minimum absolute atomic E-state index is 0.756. The van der Waals surface area contributed by atoms with Crippen molar-refractivity contribution in [2.75, 3.05) is 13.7 Å². The van der Waals surface area contributed by atoms with Gasteiger partial charge in [-0.2, -0.15) is 0 Å². The number of aryl methyl sites for hydroxylation is 1. The molecular weight excluding hydrogens is 186 g/mol. The summed E-state index contributed by atoms with van der Waals surface area (Å²) in [5.41, 5.74) is 7.80. The van der Waals surface area contributed by atoms with Crippen LogP contribution < -0.4 is 10.5 Å². The SMILES string of the molecule is COc1ccc(/C=C/CCCN)cc1C. The molecule has 2 N–H and O–H groups in total. The average Bonchev–Trinajstić information content (AvgIpc) is 2.25. The second-order valence-electron chi connectivity index (χ2n) is 3.56. The number of hydrogen-bond acceptors (Lipinski definition) is 2. The minimum Gasteiger partial charge on any atom is -0.496 e. The Morgan fingerprint density at radius 1 is 1.40 bits per heavy atom. The van der Waals surface area contributed by atoms with Gasteiger partial charge in [-0.05, 0) is 49.6 Å². The highest BCUT2D eigenvalue weighted by Crippen LogP contribution is 2.19. The molecule has 1 aromatic rings. The van der Waals surface area contributed by atoms with E-state index < -0.39 is 0 Å². The smallest absolute Gasteiger partial charge is 0.121 e. The van der Waals surface area contributed by atoms with Gasteiger partial charge in [0, 0.05) is 0 Å². The number of ether oxygens (including phenoxy) is 1. The first-order chi connectivity index (χ1) is 7.27. The molecule has 82 valence electrons. The fourth-order valence-electron chi connectivity index (χ4n) is 1.46. The van der Waals surface area contributed by atoms with Gasteiger partial charge in [0.05, 0.1) is 7.11 Å². The molecule has 0 aliphatic rings. The molecule has 1 rings (SSSR count). The van der Waals surface area contributed by atoms with E-state index in [0.29, 0.717) is 0 Å². The molecule has 0 aliphatic carbocycles. The van der Waals surface area contributed by atoms with Crippen LogP contribution in [0.2, 0.25) is 0 Å². The van der Waals surface area contributed by atoms with E-state index in [1.165, 1.54) is 11.1 Å². The van der Waals surface area contributed by atoms with Crippen molar-refractivity contribution in [1.29, 1.82) is 0 Å². The maximum atomic E-state index is 5.42. The highest BCUT2D eigenvalue weighted by atomic mass is 16.5. The van der Waals surface area contributed by atoms with Crippen molar-refractivity contribution in [2.45, 2.75) is 19.8 Å². The molecule has 15 heavy (non-hydrogen) atoms. The lowest BCUT2D eigenvalue weighted by molar-refractivity contribution is 0.411. The summed E-state index contributed by atoms with van der Waals surface area (Å²) in [6, 6.07) is 6.18. The van der Waals surface area contributed by atoms with Crippen LogP contribution >= 0.6 is 0 Å². The fraction of sp³-hybridized carbons (Fsp3) is 0.385. The Morgan fingerprint density at radius 2 is 2.20 bits per heavy atom. The fourth-order valence-corrected chi connectivity index (χ4v) is 1.46. The lowest BCUT2D eigenvalue weighted by atomic mass is 10.1. The highest BCUT2D eigenvalue weighted by Gasteiger charge is 1.96. The Kier molecular flexibility index (Phi) is 4.91. The second-order valence-corrected chi connectivity index (χ2v) is 3.56. The number of nitrogens with two attached hydrogens (primary N) is 1. The number of benzene rings is 1. The third-order valence-corrected chi connectivity index (χ3v) is 2.30. The predicted octanol–water partition coefficient (Wildman–Crippen LogP) is 2.76. The Morgan fingerprint density at radius 3 is 2.80 bits per heavy atom. The average molecular weight is 205 g/mol. The Hall–Kier alpha value is -1.28. The minimum atomic E-state index is 0.756. The standard InChI is InChI=1S/C13H19NO/c1-11-10-12(6-4-3-5-9-14)7-8-13(11)15-2/h4,6-8,10H,3,5,9,14H2,1-2H3/b6-4+. The molecule has 0 saturated heterocycles. The number of methoxy groups -OCH3 is 1. The first-order valence-electron chi connectivity index (χ1n) is 5.29. The van der Waals surface area contributed by atoms with Gasteiger partial charge in [-0.3, -0.25) is 0 Å². The van der Waals surface area contributed by atoms with Crippen LogP contribution in [0.5, 0.6) is 5.75 Å². The molecular formula is C13H19NO. The second kappa shape index (κ2) is 6.25. The van der Waals surface area contributed by atoms with Gasteiger partial charge < -0.3 is 10.5 Å². The molecule has 0 aromatic heterocycles. The molecule has 0 radical (unpaired) electrons. The third-order valence-electron chi connectivity index (χ3n) is 2.30. The van der Waals surface area contributed by atoms with Crippen LogP contribution in [0.3, 0.4) is 0 Å². The topological polar surface area (TPSA) is 35.2 Å². The van der Waals surface area contributed by atoms with Crippen LogP contribution in [-0.4, -0.2) is 13.7 Å². The molecule has 0 fully saturated rings. The molecule has 0 unspecified atom stereocenters. The zero-order chi connectivity index (χ0) is 11.1. The number of unbranched alkanes of at least 4 members (excludes halogenated alkanes) is 1. The monoisotopic (exact) mass is 205 g/mol. The summed E-state index contributed by atoms with van der Waals surface area (Å²) in [5, 5.41) is 0. The van der Waals surface area contributed by atoms with Gasteiger partial charge in [0.2, 0.25) is 0 Å². The van der Waals surface area contributed by atoms with Crippen molar-refractivity contribution in [3.05, 3.63) is 35.4 Å². The van der Waals surface area contributed by atoms with Gasteiger partial charge in [0.1, 0.15) is 5.75 Å². The van der Waals surface area contributed by atoms with E-state index >= 15 is 0 Å². The molecule has 2 nitrogen and oxygen atoms in total. The summed E-state index contributed by atoms with van der Waals surface area (Å²) in [4.78, 5) is 0. The molecule has 0 bridgehead atoms. The Labute approximate surface area is 91.7 Å². The van der Waals surface area contributed by atoms with E-state index in [2.05, 4.69) is 31.2 Å². The number of allylic oxidation sites excluding steroid dienone is 1. The molecule has 0 aliphatic heterocycles. The van der Waals surface area contributed by atoms with Crippen molar-refractivity contribution >= 4 is 6.08 Å². The van der Waals surface area contributed by atoms with Crippen LogP contribution in [0, 0.1) is 6.92 Å². The van der Waals surface area contributed by atoms with Crippen molar-refractivity contribution in [3.8, 4) is 5.75 Å². The summed E-state index contributed by atoms with van der Waals surface area (Å²) in [6.07, 6.45) is 6.38. The molecule has 1 aromatic carbocycles. The van der Waals surface area contributed by atoms with Gasteiger partial charge in [-0.15, -0.1) is 0 Å². The maximum absolute atomic E-state index is 5.42. The Balaban J connectivity index is 2.63. The van der Waals surface area contributed by atoms with Crippen LogP contribution in [0.1, 0.15) is 24.0 Å². The molecule has 0 saturated carbocycles. The van der Waals surface area contributed by atoms with E-state index in [9.17, 15) is 0 Å². The van der Waals surface area contributed by atoms with E-state index in [-0.39, 0.29) is 0 Å². The van der Waals surface area contributed by atoms with Crippen LogP contribution in [0.4, 0.5) is 0 Å². The lowest BCUT2D eigenvalue weighted by Crippen LogP contribution is -1.96. The van der Waals surface area contributed by atoms with Crippen molar-refractivity contribution in [2.24, 2.45) is 5.73 Å². The van der Waals surface area contributed by atoms with Crippen molar-refractivity contribution < 1.29 is 4.74 Å². The summed E-state index contributed by atoms with van der Waals surface area (Å²) < 4.78 is 5.20.